The van der Waals surface area contributed by atoms with Crippen LogP contribution in [0.25, 0.3) is 10.9 Å². The van der Waals surface area contributed by atoms with Gasteiger partial charge < -0.3 is 21.3 Å². The highest BCUT2D eigenvalue weighted by molar-refractivity contribution is 6.06. The van der Waals surface area contributed by atoms with Crippen molar-refractivity contribution in [3.05, 3.63) is 70.9 Å². The molecule has 1 heterocycles. The van der Waals surface area contributed by atoms with Crippen molar-refractivity contribution in [2.75, 3.05) is 7.05 Å². The summed E-state index contributed by atoms with van der Waals surface area (Å²) in [5.41, 5.74) is 12.5. The Balaban J connectivity index is 1.75. The molecule has 1 amide bonds. The molecule has 2 aromatic carbocycles. The molecule has 0 unspecified atom stereocenters. The number of carbonyl (C=O) groups excluding carboxylic acids is 1. The molecular weight excluding hydrogens is 399 g/mol. The van der Waals surface area contributed by atoms with E-state index in [1.807, 2.05) is 24.3 Å². The Bertz CT molecular complexity index is 1090. The van der Waals surface area contributed by atoms with Gasteiger partial charge in [-0.3, -0.25) is 9.69 Å². The predicted octanol–water partition coefficient (Wildman–Crippen LogP) is 3.16. The number of alkyl halides is 3. The van der Waals surface area contributed by atoms with E-state index in [1.54, 1.807) is 0 Å². The maximum atomic E-state index is 13.2. The van der Waals surface area contributed by atoms with Crippen molar-refractivity contribution in [2.24, 2.45) is 16.6 Å². The SMILES string of the molecule is CN(C(=O)c1cc2c(C(F)(F)F)cccc2[nH]1)C(N)=NOCc1ccccc1CN. The quantitative estimate of drug-likeness (QED) is 0.335. The molecule has 30 heavy (non-hydrogen) atoms. The van der Waals surface area contributed by atoms with Crippen molar-refractivity contribution in [3.63, 3.8) is 0 Å². The number of guanidine groups is 1. The van der Waals surface area contributed by atoms with Gasteiger partial charge in [-0.15, -0.1) is 0 Å². The Hall–Kier alpha value is -3.53. The number of amides is 1. The lowest BCUT2D eigenvalue weighted by Crippen LogP contribution is -2.39. The first-order chi connectivity index (χ1) is 14.2. The van der Waals surface area contributed by atoms with Crippen LogP contribution >= 0.6 is 0 Å². The number of hydrogen-bond acceptors (Lipinski definition) is 4. The van der Waals surface area contributed by atoms with E-state index in [-0.39, 0.29) is 29.2 Å². The van der Waals surface area contributed by atoms with Gasteiger partial charge in [-0.25, -0.2) is 0 Å². The minimum Gasteiger partial charge on any atom is -0.388 e. The number of fused-ring (bicyclic) bond motifs is 1. The van der Waals surface area contributed by atoms with Crippen LogP contribution in [-0.2, 0) is 24.2 Å². The number of aromatic amines is 1. The van der Waals surface area contributed by atoms with Crippen LogP contribution in [0.4, 0.5) is 13.2 Å². The summed E-state index contributed by atoms with van der Waals surface area (Å²) in [5.74, 6) is -0.911. The van der Waals surface area contributed by atoms with E-state index in [0.29, 0.717) is 6.54 Å². The smallest absolute Gasteiger partial charge is 0.388 e. The number of oxime groups is 1. The Kier molecular flexibility index (Phi) is 5.97. The molecule has 0 saturated heterocycles. The molecule has 0 atom stereocenters. The Morgan fingerprint density at radius 1 is 1.17 bits per heavy atom. The summed E-state index contributed by atoms with van der Waals surface area (Å²) in [6, 6.07) is 12.2. The van der Waals surface area contributed by atoms with Crippen molar-refractivity contribution in [2.45, 2.75) is 19.3 Å². The van der Waals surface area contributed by atoms with Gasteiger partial charge in [0.25, 0.3) is 5.91 Å². The number of halogens is 3. The van der Waals surface area contributed by atoms with E-state index < -0.39 is 17.6 Å². The fourth-order valence-electron chi connectivity index (χ4n) is 2.93. The van der Waals surface area contributed by atoms with Gasteiger partial charge in [0.05, 0.1) is 5.56 Å². The monoisotopic (exact) mass is 419 g/mol. The number of aromatic nitrogens is 1. The Morgan fingerprint density at radius 2 is 1.87 bits per heavy atom. The van der Waals surface area contributed by atoms with Crippen LogP contribution in [0.3, 0.4) is 0 Å². The third-order valence-electron chi connectivity index (χ3n) is 4.56. The van der Waals surface area contributed by atoms with Gasteiger partial charge in [-0.2, -0.15) is 13.2 Å². The summed E-state index contributed by atoms with van der Waals surface area (Å²) in [4.78, 5) is 21.5. The number of nitrogens with two attached hydrogens (primary N) is 2. The molecule has 0 radical (unpaired) electrons. The highest BCUT2D eigenvalue weighted by atomic mass is 19.4. The number of rotatable bonds is 5. The predicted molar refractivity (Wildman–Crippen MR) is 106 cm³/mol. The zero-order chi connectivity index (χ0) is 21.9. The summed E-state index contributed by atoms with van der Waals surface area (Å²) in [7, 11) is 1.34. The van der Waals surface area contributed by atoms with Gasteiger partial charge in [0.1, 0.15) is 12.3 Å². The van der Waals surface area contributed by atoms with Gasteiger partial charge in [0, 0.05) is 24.5 Å². The first-order valence-electron chi connectivity index (χ1n) is 8.91. The second-order valence-corrected chi connectivity index (χ2v) is 6.51. The molecule has 3 rings (SSSR count). The first-order valence-corrected chi connectivity index (χ1v) is 8.91. The number of nitrogens with zero attached hydrogens (tertiary/aromatic N) is 2. The molecule has 5 N–H and O–H groups in total. The van der Waals surface area contributed by atoms with Crippen molar-refractivity contribution < 1.29 is 22.8 Å². The van der Waals surface area contributed by atoms with E-state index >= 15 is 0 Å². The summed E-state index contributed by atoms with van der Waals surface area (Å²) in [5, 5.41) is 3.61. The summed E-state index contributed by atoms with van der Waals surface area (Å²) in [6.07, 6.45) is -4.54. The van der Waals surface area contributed by atoms with Gasteiger partial charge in [0.15, 0.2) is 0 Å². The Morgan fingerprint density at radius 3 is 2.53 bits per heavy atom. The lowest BCUT2D eigenvalue weighted by atomic mass is 10.1. The molecule has 158 valence electrons. The van der Waals surface area contributed by atoms with E-state index in [2.05, 4.69) is 10.1 Å². The maximum Gasteiger partial charge on any atom is 0.417 e. The maximum absolute atomic E-state index is 13.2. The molecule has 1 aromatic heterocycles. The standard InChI is InChI=1S/C20H20F3N5O2/c1-28(19(25)27-30-11-13-6-3-2-5-12(13)10-24)18(29)17-9-14-15(20(21,22)23)7-4-8-16(14)26-17/h2-9,26H,10-11,24H2,1H3,(H2,25,27). The fraction of sp³-hybridized carbons (Fsp3) is 0.200. The van der Waals surface area contributed by atoms with Crippen LogP contribution in [0, 0.1) is 0 Å². The molecule has 0 aliphatic carbocycles. The molecule has 0 bridgehead atoms. The molecule has 7 nitrogen and oxygen atoms in total. The average molecular weight is 419 g/mol. The second kappa shape index (κ2) is 8.46. The van der Waals surface area contributed by atoms with Crippen LogP contribution < -0.4 is 11.5 Å². The summed E-state index contributed by atoms with van der Waals surface area (Å²) >= 11 is 0. The first kappa shape index (κ1) is 21.2. The zero-order valence-corrected chi connectivity index (χ0v) is 16.0. The van der Waals surface area contributed by atoms with E-state index in [9.17, 15) is 18.0 Å². The second-order valence-electron chi connectivity index (χ2n) is 6.51. The van der Waals surface area contributed by atoms with Crippen molar-refractivity contribution in [1.82, 2.24) is 9.88 Å². The normalized spacial score (nSPS) is 12.2. The lowest BCUT2D eigenvalue weighted by molar-refractivity contribution is -0.136. The highest BCUT2D eigenvalue weighted by Crippen LogP contribution is 2.35. The van der Waals surface area contributed by atoms with Gasteiger partial charge in [-0.05, 0) is 34.5 Å². The third kappa shape index (κ3) is 4.38. The number of carbonyl (C=O) groups is 1. The van der Waals surface area contributed by atoms with E-state index in [4.69, 9.17) is 16.3 Å². The van der Waals surface area contributed by atoms with Crippen LogP contribution in [0.2, 0.25) is 0 Å². The minimum atomic E-state index is -4.54. The molecule has 3 aromatic rings. The highest BCUT2D eigenvalue weighted by Gasteiger charge is 2.33. The van der Waals surface area contributed by atoms with E-state index in [1.165, 1.54) is 19.2 Å². The van der Waals surface area contributed by atoms with Crippen molar-refractivity contribution in [3.8, 4) is 0 Å². The van der Waals surface area contributed by atoms with Crippen LogP contribution in [0.1, 0.15) is 27.2 Å². The number of H-pyrrole nitrogens is 1. The van der Waals surface area contributed by atoms with Gasteiger partial charge >= 0.3 is 6.18 Å². The number of benzene rings is 2. The average Bonchev–Trinajstić information content (AvgIpc) is 3.16. The molecule has 0 aliphatic heterocycles. The van der Waals surface area contributed by atoms with Gasteiger partial charge in [0.2, 0.25) is 5.96 Å². The van der Waals surface area contributed by atoms with Gasteiger partial charge in [-0.1, -0.05) is 30.3 Å². The van der Waals surface area contributed by atoms with Crippen LogP contribution in [-0.4, -0.2) is 28.8 Å². The molecular formula is C20H20F3N5O2. The number of hydrogen-bond donors (Lipinski definition) is 3. The van der Waals surface area contributed by atoms with E-state index in [0.717, 1.165) is 28.2 Å². The fourth-order valence-corrected chi connectivity index (χ4v) is 2.93. The topological polar surface area (TPSA) is 110 Å². The molecule has 0 spiro atoms. The molecule has 0 fully saturated rings. The zero-order valence-electron chi connectivity index (χ0n) is 16.0. The summed E-state index contributed by atoms with van der Waals surface area (Å²) in [6.45, 7) is 0.425. The largest absolute Gasteiger partial charge is 0.417 e. The number of nitrogens with one attached hydrogen (secondary N) is 1. The Labute approximate surface area is 170 Å². The molecule has 0 aliphatic rings. The third-order valence-corrected chi connectivity index (χ3v) is 4.56. The lowest BCUT2D eigenvalue weighted by Gasteiger charge is -2.14. The molecule has 10 heteroatoms. The van der Waals surface area contributed by atoms with Crippen LogP contribution in [0.15, 0.2) is 53.7 Å². The van der Waals surface area contributed by atoms with Crippen LogP contribution in [0.5, 0.6) is 0 Å². The van der Waals surface area contributed by atoms with Crippen molar-refractivity contribution >= 4 is 22.8 Å². The summed E-state index contributed by atoms with van der Waals surface area (Å²) < 4.78 is 39.5. The molecule has 0 saturated carbocycles. The minimum absolute atomic E-state index is 0.0594. The van der Waals surface area contributed by atoms with Crippen molar-refractivity contribution in [1.29, 1.82) is 0 Å².